The summed E-state index contributed by atoms with van der Waals surface area (Å²) in [5.41, 5.74) is 9.98. The fourth-order valence-electron chi connectivity index (χ4n) is 10.1. The van der Waals surface area contributed by atoms with E-state index in [4.69, 9.17) is 4.42 Å². The maximum absolute atomic E-state index is 6.07. The Morgan fingerprint density at radius 3 is 1.52 bits per heavy atom. The van der Waals surface area contributed by atoms with Gasteiger partial charge in [-0.1, -0.05) is 188 Å². The van der Waals surface area contributed by atoms with Crippen LogP contribution in [0.3, 0.4) is 0 Å². The predicted octanol–water partition coefficient (Wildman–Crippen LogP) is 13.2. The molecule has 0 unspecified atom stereocenters. The predicted molar refractivity (Wildman–Crippen MR) is 272 cm³/mol. The summed E-state index contributed by atoms with van der Waals surface area (Å²) in [4.78, 5) is 2.41. The molecule has 12 rings (SSSR count). The van der Waals surface area contributed by atoms with Gasteiger partial charge >= 0.3 is 0 Å². The van der Waals surface area contributed by atoms with Gasteiger partial charge in [-0.05, 0) is 92.5 Å². The Labute approximate surface area is 373 Å². The van der Waals surface area contributed by atoms with Crippen molar-refractivity contribution in [3.8, 4) is 11.1 Å². The van der Waals surface area contributed by atoms with Crippen LogP contribution < -0.4 is 25.6 Å². The molecule has 0 amide bonds. The lowest BCUT2D eigenvalue weighted by Gasteiger charge is -2.35. The summed E-state index contributed by atoms with van der Waals surface area (Å²) in [6.07, 6.45) is 1.79. The van der Waals surface area contributed by atoms with Crippen molar-refractivity contribution in [2.24, 2.45) is 0 Å². The smallest absolute Gasteiger partial charge is 0.179 e. The van der Waals surface area contributed by atoms with E-state index in [9.17, 15) is 0 Å². The van der Waals surface area contributed by atoms with E-state index in [-0.39, 0.29) is 0 Å². The molecule has 0 atom stereocenters. The Morgan fingerprint density at radius 2 is 0.828 bits per heavy atom. The summed E-state index contributed by atoms with van der Waals surface area (Å²) in [6, 6.07) is 90.7. The number of anilines is 3. The standard InChI is InChI=1S/C60H42N2OSi/c1-4-19-49(20-5-1)64(50-21-6-2-7-22-50,51-23-8-3-9-24-51)52-37-34-47(35-38-52)61(46-32-30-44(31-33-46)43-17-14-18-45-16-10-13-29-59(45)63-41-40-43)48-36-39-58-56(42-48)55-27-15-26-54-53-25-11-12-28-57(53)62(58)60(54)55/h1-42H. The Kier molecular flexibility index (Phi) is 9.17. The van der Waals surface area contributed by atoms with Gasteiger partial charge in [-0.15, -0.1) is 0 Å². The quantitative estimate of drug-likeness (QED) is 0.112. The zero-order chi connectivity index (χ0) is 42.5. The largest absolute Gasteiger partial charge is 0.464 e. The van der Waals surface area contributed by atoms with Gasteiger partial charge in [0.05, 0.1) is 22.8 Å². The first-order valence-corrected chi connectivity index (χ1v) is 23.9. The van der Waals surface area contributed by atoms with E-state index >= 15 is 0 Å². The van der Waals surface area contributed by atoms with Gasteiger partial charge in [-0.25, -0.2) is 0 Å². The highest BCUT2D eigenvalue weighted by Gasteiger charge is 2.41. The van der Waals surface area contributed by atoms with E-state index in [0.717, 1.165) is 39.2 Å². The fourth-order valence-corrected chi connectivity index (χ4v) is 14.9. The van der Waals surface area contributed by atoms with Crippen molar-refractivity contribution in [3.05, 3.63) is 255 Å². The average molecular weight is 835 g/mol. The minimum absolute atomic E-state index is 0.837. The number of aromatic nitrogens is 1. The van der Waals surface area contributed by atoms with Crippen LogP contribution in [0.15, 0.2) is 259 Å². The molecule has 3 nitrogen and oxygen atoms in total. The zero-order valence-corrected chi connectivity index (χ0v) is 36.1. The van der Waals surface area contributed by atoms with Crippen LogP contribution in [0.1, 0.15) is 0 Å². The molecule has 0 aliphatic rings. The monoisotopic (exact) mass is 834 g/mol. The van der Waals surface area contributed by atoms with Crippen LogP contribution in [0.5, 0.6) is 0 Å². The van der Waals surface area contributed by atoms with Crippen LogP contribution in [0.4, 0.5) is 17.1 Å². The number of rotatable bonds is 8. The molecule has 0 fully saturated rings. The van der Waals surface area contributed by atoms with Gasteiger partial charge in [0.2, 0.25) is 0 Å². The molecule has 0 N–H and O–H groups in total. The van der Waals surface area contributed by atoms with Gasteiger partial charge in [-0.3, -0.25) is 0 Å². The van der Waals surface area contributed by atoms with Crippen LogP contribution in [0, 0.1) is 0 Å². The average Bonchev–Trinajstić information content (AvgIpc) is 3.91. The maximum Gasteiger partial charge on any atom is 0.179 e. The van der Waals surface area contributed by atoms with Crippen molar-refractivity contribution in [1.82, 2.24) is 4.40 Å². The summed E-state index contributed by atoms with van der Waals surface area (Å²) in [5.74, 6) is 0. The molecule has 0 radical (unpaired) electrons. The summed E-state index contributed by atoms with van der Waals surface area (Å²) >= 11 is 0. The number of hydrogen-bond acceptors (Lipinski definition) is 2. The molecule has 0 bridgehead atoms. The minimum Gasteiger partial charge on any atom is -0.464 e. The molecule has 3 aromatic heterocycles. The molecule has 12 aromatic rings. The summed E-state index contributed by atoms with van der Waals surface area (Å²) < 4.78 is 8.52. The van der Waals surface area contributed by atoms with Gasteiger partial charge in [0.1, 0.15) is 5.58 Å². The highest BCUT2D eigenvalue weighted by atomic mass is 28.3. The first-order valence-electron chi connectivity index (χ1n) is 21.9. The van der Waals surface area contributed by atoms with Crippen molar-refractivity contribution < 1.29 is 4.42 Å². The molecular weight excluding hydrogens is 793 g/mol. The van der Waals surface area contributed by atoms with E-state index in [1.807, 2.05) is 24.3 Å². The van der Waals surface area contributed by atoms with Crippen molar-refractivity contribution in [2.75, 3.05) is 4.90 Å². The number of hydrogen-bond donors (Lipinski definition) is 0. The summed E-state index contributed by atoms with van der Waals surface area (Å²) in [6.45, 7) is 0. The van der Waals surface area contributed by atoms with Crippen LogP contribution in [0.2, 0.25) is 0 Å². The zero-order valence-electron chi connectivity index (χ0n) is 35.1. The topological polar surface area (TPSA) is 20.8 Å². The third-order valence-corrected chi connectivity index (χ3v) is 17.8. The van der Waals surface area contributed by atoms with Crippen LogP contribution >= 0.6 is 0 Å². The molecule has 0 aliphatic carbocycles. The normalized spacial score (nSPS) is 11.8. The van der Waals surface area contributed by atoms with E-state index in [2.05, 4.69) is 234 Å². The van der Waals surface area contributed by atoms with E-state index < -0.39 is 8.07 Å². The third kappa shape index (κ3) is 6.10. The van der Waals surface area contributed by atoms with E-state index in [1.165, 1.54) is 58.8 Å². The van der Waals surface area contributed by atoms with Gasteiger partial charge in [0, 0.05) is 44.0 Å². The van der Waals surface area contributed by atoms with Crippen LogP contribution in [0.25, 0.3) is 60.2 Å². The Bertz CT molecular complexity index is 3510. The lowest BCUT2D eigenvalue weighted by Crippen LogP contribution is -2.74. The second-order valence-electron chi connectivity index (χ2n) is 16.5. The number of nitrogens with zero attached hydrogens (tertiary/aromatic N) is 2. The molecule has 0 saturated heterocycles. The Hall–Kier alpha value is -8.18. The van der Waals surface area contributed by atoms with Crippen LogP contribution in [-0.2, 0) is 0 Å². The molecule has 0 spiro atoms. The highest BCUT2D eigenvalue weighted by Crippen LogP contribution is 2.42. The second kappa shape index (κ2) is 15.6. The molecule has 302 valence electrons. The third-order valence-electron chi connectivity index (χ3n) is 13.0. The van der Waals surface area contributed by atoms with Gasteiger partial charge in [0.15, 0.2) is 8.07 Å². The second-order valence-corrected chi connectivity index (χ2v) is 20.3. The fraction of sp³-hybridized carbons (Fsp3) is 0. The summed E-state index contributed by atoms with van der Waals surface area (Å²) in [5, 5.41) is 11.5. The molecular formula is C60H42N2OSi. The van der Waals surface area contributed by atoms with Gasteiger partial charge in [0.25, 0.3) is 0 Å². The molecule has 0 saturated carbocycles. The molecule has 0 aliphatic heterocycles. The van der Waals surface area contributed by atoms with Gasteiger partial charge in [-0.2, -0.15) is 0 Å². The van der Waals surface area contributed by atoms with Crippen LogP contribution in [-0.4, -0.2) is 12.5 Å². The van der Waals surface area contributed by atoms with Crippen molar-refractivity contribution in [2.45, 2.75) is 0 Å². The van der Waals surface area contributed by atoms with Crippen molar-refractivity contribution >= 4 is 94.9 Å². The molecule has 3 heterocycles. The number of para-hydroxylation sites is 3. The van der Waals surface area contributed by atoms with Crippen molar-refractivity contribution in [1.29, 1.82) is 0 Å². The summed E-state index contributed by atoms with van der Waals surface area (Å²) in [7, 11) is -2.72. The first-order chi connectivity index (χ1) is 31.8. The van der Waals surface area contributed by atoms with Gasteiger partial charge < -0.3 is 13.7 Å². The molecule has 9 aromatic carbocycles. The number of benzene rings is 9. The first kappa shape index (κ1) is 37.6. The molecule has 64 heavy (non-hydrogen) atoms. The number of fused-ring (bicyclic) bond motifs is 7. The minimum atomic E-state index is -2.72. The van der Waals surface area contributed by atoms with Crippen molar-refractivity contribution in [3.63, 3.8) is 0 Å². The Morgan fingerprint density at radius 1 is 0.344 bits per heavy atom. The maximum atomic E-state index is 6.07. The highest BCUT2D eigenvalue weighted by molar-refractivity contribution is 7.19. The molecule has 4 heteroatoms. The Balaban J connectivity index is 1.04. The lowest BCUT2D eigenvalue weighted by atomic mass is 10.1. The lowest BCUT2D eigenvalue weighted by molar-refractivity contribution is 0.607. The van der Waals surface area contributed by atoms with E-state index in [1.54, 1.807) is 6.26 Å². The van der Waals surface area contributed by atoms with E-state index in [0.29, 0.717) is 0 Å². The SMILES string of the molecule is c1ccc([Si](c2ccccc2)(c2ccccc2)c2ccc(N(c3ccc(-c4cccc5ccccc5occ4)cc3)c3ccc4c(c3)c3cccc5c6ccccc6n4c53)cc2)cc1.